The van der Waals surface area contributed by atoms with E-state index in [9.17, 15) is 5.26 Å². The first-order valence-electron chi connectivity index (χ1n) is 24.1. The minimum atomic E-state index is 0. The molecule has 4 aromatic rings. The van der Waals surface area contributed by atoms with Crippen LogP contribution in [0.3, 0.4) is 0 Å². The fourth-order valence-electron chi connectivity index (χ4n) is 4.11. The Kier molecular flexibility index (Phi) is 3.28. The number of likely N-dealkylation sites (N-methyl/N-ethyl adjacent to an activating group) is 2. The fraction of sp³-hybridized carbons (Fsp3) is 0.269. The number of hydrogen-bond donors (Lipinski definition) is 2. The Labute approximate surface area is 241 Å². The van der Waals surface area contributed by atoms with Crippen LogP contribution in [0.1, 0.15) is 51.3 Å². The molecule has 0 unspecified atom stereocenters. The first kappa shape index (κ1) is 11.9. The molecule has 0 amide bonds. The van der Waals surface area contributed by atoms with Gasteiger partial charge in [0.2, 0.25) is 5.95 Å². The van der Waals surface area contributed by atoms with Crippen LogP contribution in [-0.2, 0) is 7.05 Å². The van der Waals surface area contributed by atoms with Crippen molar-refractivity contribution in [1.82, 2.24) is 19.4 Å². The van der Waals surface area contributed by atoms with Gasteiger partial charge in [0.25, 0.3) is 0 Å². The highest BCUT2D eigenvalue weighted by Gasteiger charge is 2.18. The van der Waals surface area contributed by atoms with Crippen LogP contribution < -0.4 is 16.0 Å². The Morgan fingerprint density at radius 3 is 2.68 bits per heavy atom. The van der Waals surface area contributed by atoms with Crippen molar-refractivity contribution in [3.05, 3.63) is 59.9 Å². The van der Waals surface area contributed by atoms with E-state index in [1.165, 1.54) is 0 Å². The highest BCUT2D eigenvalue weighted by Crippen LogP contribution is 2.34. The number of nitrogens with one attached hydrogen (secondary N) is 1. The Balaban J connectivity index is -0.0000000884. The van der Waals surface area contributed by atoms with Gasteiger partial charge in [0.1, 0.15) is 11.8 Å². The summed E-state index contributed by atoms with van der Waals surface area (Å²) in [7, 11) is 8.06. The van der Waals surface area contributed by atoms with Crippen LogP contribution >= 0.6 is 0 Å². The van der Waals surface area contributed by atoms with Crippen molar-refractivity contribution in [2.75, 3.05) is 50.2 Å². The number of rotatable bonds is 7. The maximum atomic E-state index is 9.82. The van der Waals surface area contributed by atoms with E-state index in [0.29, 0.717) is 23.0 Å². The van der Waals surface area contributed by atoms with E-state index in [4.69, 9.17) is 49.3 Å². The number of nitrogens with two attached hydrogens (primary N) is 1. The van der Waals surface area contributed by atoms with E-state index in [2.05, 4.69) is 46.3 Å². The number of aryl methyl sites for hydroxylation is 2. The number of fused-ring (bicyclic) bond motifs is 1. The second kappa shape index (κ2) is 9.41. The standard InChI is InChI=1S/C26H30N8.14H2/c1-17-14-23(33(4)13-12-32(2)3)19(28)15-21(17)31-26-29-11-10-20(30-26)25-18-8-6-7-9-22(18)34(5)24(25)16-27;;;;;;;;;;;;;;/h6-11,14-15H,12-13,28H2,1-5H3,(H,29,30,31);14*1H/i;13*1+2T;1+2. The average molecular weight is 537 g/mol. The molecule has 8 heteroatoms. The number of aromatic nitrogens is 3. The molecule has 0 saturated heterocycles. The first-order valence-corrected chi connectivity index (χ1v) is 11.1. The van der Waals surface area contributed by atoms with Gasteiger partial charge in [-0.05, 0) is 50.8 Å². The monoisotopic (exact) mass is 537 g/mol. The first-order chi connectivity index (χ1) is 29.3. The molecule has 2 aromatic carbocycles. The molecule has 0 bridgehead atoms. The molecule has 202 valence electrons. The summed E-state index contributed by atoms with van der Waals surface area (Å²) in [5.41, 5.74) is 13.0. The third-order valence-electron chi connectivity index (χ3n) is 6.04. The third-order valence-corrected chi connectivity index (χ3v) is 6.04. The Bertz CT molecular complexity index is 1440. The van der Waals surface area contributed by atoms with Gasteiger partial charge in [0, 0.05) is 95.6 Å². The molecule has 0 saturated carbocycles. The molecule has 0 aliphatic carbocycles. The maximum Gasteiger partial charge on any atom is 0.227 e. The smallest absolute Gasteiger partial charge is 0.227 e. The van der Waals surface area contributed by atoms with E-state index in [-0.39, 0.29) is 1.43 Å². The van der Waals surface area contributed by atoms with Crippen molar-refractivity contribution in [3.63, 3.8) is 0 Å². The van der Waals surface area contributed by atoms with Crippen LogP contribution in [0, 0.1) is 18.3 Å². The Hall–Kier alpha value is -4.09. The summed E-state index contributed by atoms with van der Waals surface area (Å²) < 4.78 is 132. The number of nitrogens with zero attached hydrogens (tertiary/aromatic N) is 6. The van der Waals surface area contributed by atoms with Gasteiger partial charge in [-0.3, -0.25) is 0 Å². The van der Waals surface area contributed by atoms with Crippen molar-refractivity contribution in [2.24, 2.45) is 7.05 Å². The van der Waals surface area contributed by atoms with Gasteiger partial charge in [0.15, 0.2) is 0 Å². The molecule has 2 heterocycles. The van der Waals surface area contributed by atoms with E-state index in [1.807, 2.05) is 62.0 Å². The maximum absolute atomic E-state index is 9.82. The largest absolute Gasteiger partial charge is 0.397 e. The van der Waals surface area contributed by atoms with Gasteiger partial charge >= 0.3 is 0 Å². The minimum absolute atomic E-state index is 0. The van der Waals surface area contributed by atoms with E-state index in [1.54, 1.807) is 6.20 Å². The van der Waals surface area contributed by atoms with Crippen LogP contribution in [0.25, 0.3) is 22.2 Å². The Morgan fingerprint density at radius 1 is 1.18 bits per heavy atom. The minimum Gasteiger partial charge on any atom is -0.397 e. The molecule has 0 spiro atoms. The van der Waals surface area contributed by atoms with Gasteiger partial charge in [0.05, 0.1) is 17.1 Å². The summed E-state index contributed by atoms with van der Waals surface area (Å²) in [6.07, 6.45) is 1.70. The lowest BCUT2D eigenvalue weighted by Gasteiger charge is -2.24. The molecule has 34 heavy (non-hydrogen) atoms. The van der Waals surface area contributed by atoms with E-state index in [0.717, 1.165) is 46.5 Å². The van der Waals surface area contributed by atoms with Crippen LogP contribution in [0.5, 0.6) is 0 Å². The topological polar surface area (TPSA) is 99.0 Å². The van der Waals surface area contributed by atoms with Crippen molar-refractivity contribution >= 4 is 33.9 Å². The summed E-state index contributed by atoms with van der Waals surface area (Å²) >= 11 is 0. The summed E-state index contributed by atoms with van der Waals surface area (Å²) in [4.78, 5) is 13.5. The van der Waals surface area contributed by atoms with Gasteiger partial charge < -0.3 is 25.4 Å². The lowest BCUT2D eigenvalue weighted by atomic mass is 10.1. The molecular weight excluding hydrogens is 424 g/mol. The molecule has 0 radical (unpaired) electrons. The lowest BCUT2D eigenvalue weighted by Crippen LogP contribution is -2.29. The molecule has 0 fully saturated rings. The predicted molar refractivity (Wildman–Crippen MR) is 169 cm³/mol. The molecule has 0 aliphatic heterocycles. The van der Waals surface area contributed by atoms with Crippen LogP contribution in [0.2, 0.25) is 0 Å². The number of para-hydroxylation sites is 1. The number of anilines is 4. The molecule has 8 nitrogen and oxygen atoms in total. The molecule has 2 aromatic heterocycles. The zero-order valence-corrected chi connectivity index (χ0v) is 20.3. The summed E-state index contributed by atoms with van der Waals surface area (Å²) in [5, 5.41) is 14.1. The SMILES string of the molecule is Cc1cc(N(C)CCN(C)C)c(N)cc1Nc1nccc(-c2c(C#N)n(C)c3ccccc23)n1.[3HH].[3H][3H].[3H][3H].[3H][3H].[3H][3H].[3H][3H].[3H][3H].[3H][3H].[3H][3H].[3H][3H].[3H][3H].[3H][3H].[3H][3H].[3H][3H]. The average Bonchev–Trinajstić information content (AvgIpc) is 3.66. The Morgan fingerprint density at radius 2 is 1.94 bits per heavy atom. The third kappa shape index (κ3) is 4.38. The normalized spacial score (nSPS) is 14.1. The predicted octanol–water partition coefficient (Wildman–Crippen LogP) is 7.58. The zero-order chi connectivity index (χ0) is 50.4. The van der Waals surface area contributed by atoms with Crippen LogP contribution in [0.4, 0.5) is 23.0 Å². The van der Waals surface area contributed by atoms with Crippen molar-refractivity contribution in [1.29, 1.82) is 5.26 Å². The van der Waals surface area contributed by atoms with Crippen LogP contribution in [-0.4, -0.2) is 53.7 Å². The van der Waals surface area contributed by atoms with Gasteiger partial charge in [-0.1, -0.05) is 18.2 Å². The summed E-state index contributed by atoms with van der Waals surface area (Å²) in [6, 6.07) is 16.1. The quantitative estimate of drug-likeness (QED) is 0.235. The number of nitriles is 1. The number of nitrogen functional groups attached to an aromatic ring is 1. The van der Waals surface area contributed by atoms with E-state index >= 15 is 0 Å². The zero-order valence-electron chi connectivity index (χ0n) is 46.3. The molecule has 0 atom stereocenters. The second-order valence-corrected chi connectivity index (χ2v) is 8.75. The molecule has 0 aliphatic rings. The lowest BCUT2D eigenvalue weighted by molar-refractivity contribution is 0.416. The van der Waals surface area contributed by atoms with Gasteiger partial charge in [-0.2, -0.15) is 5.26 Å². The second-order valence-electron chi connectivity index (χ2n) is 8.75. The number of hydrogen-bond acceptors (Lipinski definition) is 7. The van der Waals surface area contributed by atoms with Gasteiger partial charge in [-0.25, -0.2) is 9.97 Å². The van der Waals surface area contributed by atoms with E-state index < -0.39 is 0 Å². The highest BCUT2D eigenvalue weighted by atomic mass is 15.2. The molecular formula is C26H58N8. The van der Waals surface area contributed by atoms with Crippen molar-refractivity contribution in [3.8, 4) is 17.3 Å². The molecule has 3 N–H and O–H groups in total. The van der Waals surface area contributed by atoms with Crippen molar-refractivity contribution in [2.45, 2.75) is 6.92 Å². The fourth-order valence-corrected chi connectivity index (χ4v) is 4.11. The summed E-state index contributed by atoms with van der Waals surface area (Å²) in [5.74, 6) is 0.450. The molecule has 4 rings (SSSR count). The highest BCUT2D eigenvalue weighted by molar-refractivity contribution is 5.98. The van der Waals surface area contributed by atoms with Gasteiger partial charge in [-0.15, -0.1) is 0 Å². The van der Waals surface area contributed by atoms with Crippen LogP contribution in [0.15, 0.2) is 48.7 Å². The summed E-state index contributed by atoms with van der Waals surface area (Å²) in [6.45, 7) is 3.85. The number of benzene rings is 2. The van der Waals surface area contributed by atoms with Crippen molar-refractivity contribution < 1.29 is 40.0 Å².